The summed E-state index contributed by atoms with van der Waals surface area (Å²) in [7, 11) is 0. The molecule has 1 N–H and O–H groups in total. The molecule has 0 saturated carbocycles. The number of nitrogens with one attached hydrogen (secondary N) is 1. The first-order chi connectivity index (χ1) is 10.3. The maximum absolute atomic E-state index is 9.71. The molecule has 2 atom stereocenters. The van der Waals surface area contributed by atoms with Crippen molar-refractivity contribution in [3.8, 4) is 6.07 Å². The quantitative estimate of drug-likeness (QED) is 0.926. The first-order valence-electron chi connectivity index (χ1n) is 7.32. The zero-order valence-corrected chi connectivity index (χ0v) is 12.3. The van der Waals surface area contributed by atoms with Gasteiger partial charge in [-0.3, -0.25) is 5.10 Å². The van der Waals surface area contributed by atoms with Crippen molar-refractivity contribution in [1.29, 1.82) is 5.26 Å². The molecule has 0 amide bonds. The second kappa shape index (κ2) is 5.53. The van der Waals surface area contributed by atoms with Gasteiger partial charge in [-0.15, -0.1) is 0 Å². The van der Waals surface area contributed by atoms with Gasteiger partial charge in [0.25, 0.3) is 0 Å². The van der Waals surface area contributed by atoms with E-state index in [1.54, 1.807) is 0 Å². The lowest BCUT2D eigenvalue weighted by Crippen LogP contribution is -2.25. The molecule has 0 radical (unpaired) electrons. The Morgan fingerprint density at radius 1 is 1.29 bits per heavy atom. The average Bonchev–Trinajstić information content (AvgIpc) is 2.95. The molecule has 1 aliphatic heterocycles. The summed E-state index contributed by atoms with van der Waals surface area (Å²) in [6.07, 6.45) is 3.64. The minimum absolute atomic E-state index is 0.0176. The van der Waals surface area contributed by atoms with E-state index in [-0.39, 0.29) is 11.8 Å². The SMILES string of the molecule is CCCC1=Nc2[nH]ncc2C(c2ccccc2C)C1C#N. The molecule has 0 saturated heterocycles. The number of benzene rings is 1. The molecule has 3 rings (SSSR count). The summed E-state index contributed by atoms with van der Waals surface area (Å²) < 4.78 is 0. The molecule has 4 heteroatoms. The van der Waals surface area contributed by atoms with Crippen molar-refractivity contribution in [2.45, 2.75) is 32.6 Å². The van der Waals surface area contributed by atoms with Gasteiger partial charge in [-0.2, -0.15) is 10.4 Å². The summed E-state index contributed by atoms with van der Waals surface area (Å²) in [4.78, 5) is 4.63. The second-order valence-corrected chi connectivity index (χ2v) is 5.47. The number of hydrogen-bond donors (Lipinski definition) is 1. The van der Waals surface area contributed by atoms with Crippen LogP contribution in [0.4, 0.5) is 5.82 Å². The molecule has 1 aliphatic rings. The van der Waals surface area contributed by atoms with Gasteiger partial charge >= 0.3 is 0 Å². The minimum atomic E-state index is -0.212. The summed E-state index contributed by atoms with van der Waals surface area (Å²) >= 11 is 0. The van der Waals surface area contributed by atoms with E-state index in [1.165, 1.54) is 11.1 Å². The van der Waals surface area contributed by atoms with Gasteiger partial charge in [0.15, 0.2) is 5.82 Å². The predicted molar refractivity (Wildman–Crippen MR) is 82.7 cm³/mol. The average molecular weight is 278 g/mol. The van der Waals surface area contributed by atoms with Crippen LogP contribution in [0.2, 0.25) is 0 Å². The summed E-state index contributed by atoms with van der Waals surface area (Å²) in [5.74, 6) is 0.610. The van der Waals surface area contributed by atoms with Crippen molar-refractivity contribution in [1.82, 2.24) is 10.2 Å². The van der Waals surface area contributed by atoms with E-state index < -0.39 is 0 Å². The third-order valence-electron chi connectivity index (χ3n) is 4.10. The Hall–Kier alpha value is -2.41. The summed E-state index contributed by atoms with van der Waals surface area (Å²) in [6, 6.07) is 10.7. The molecule has 2 aromatic rings. The van der Waals surface area contributed by atoms with Crippen LogP contribution in [0, 0.1) is 24.2 Å². The van der Waals surface area contributed by atoms with Crippen LogP contribution in [-0.4, -0.2) is 15.9 Å². The monoisotopic (exact) mass is 278 g/mol. The third kappa shape index (κ3) is 2.25. The lowest BCUT2D eigenvalue weighted by molar-refractivity contribution is 0.695. The van der Waals surface area contributed by atoms with Crippen LogP contribution < -0.4 is 0 Å². The van der Waals surface area contributed by atoms with Crippen LogP contribution in [0.15, 0.2) is 35.5 Å². The number of aromatic nitrogens is 2. The number of fused-ring (bicyclic) bond motifs is 1. The van der Waals surface area contributed by atoms with Crippen molar-refractivity contribution in [3.05, 3.63) is 47.2 Å². The number of nitriles is 1. The van der Waals surface area contributed by atoms with E-state index in [1.807, 2.05) is 18.3 Å². The van der Waals surface area contributed by atoms with Crippen LogP contribution >= 0.6 is 0 Å². The van der Waals surface area contributed by atoms with Gasteiger partial charge in [0.05, 0.1) is 18.2 Å². The number of rotatable bonds is 3. The Labute approximate surface area is 124 Å². The fourth-order valence-electron chi connectivity index (χ4n) is 3.09. The Balaban J connectivity index is 2.17. The largest absolute Gasteiger partial charge is 0.261 e. The topological polar surface area (TPSA) is 64.8 Å². The number of hydrogen-bond acceptors (Lipinski definition) is 3. The molecule has 21 heavy (non-hydrogen) atoms. The molecule has 2 unspecified atom stereocenters. The normalized spacial score (nSPS) is 20.5. The first-order valence-corrected chi connectivity index (χ1v) is 7.32. The number of aromatic amines is 1. The molecule has 4 nitrogen and oxygen atoms in total. The van der Waals surface area contributed by atoms with Crippen LogP contribution in [0.25, 0.3) is 0 Å². The lowest BCUT2D eigenvalue weighted by Gasteiger charge is -2.28. The van der Waals surface area contributed by atoms with E-state index in [0.29, 0.717) is 0 Å². The summed E-state index contributed by atoms with van der Waals surface area (Å²) in [5.41, 5.74) is 4.38. The summed E-state index contributed by atoms with van der Waals surface area (Å²) in [5, 5.41) is 16.8. The second-order valence-electron chi connectivity index (χ2n) is 5.47. The standard InChI is InChI=1S/C17H18N4/c1-3-6-15-13(9-18)16(12-8-5-4-7-11(12)2)14-10-19-21-17(14)20-15/h4-5,7-8,10,13,16H,3,6H2,1-2H3,(H,19,21). The van der Waals surface area contributed by atoms with E-state index in [0.717, 1.165) is 29.9 Å². The van der Waals surface area contributed by atoms with E-state index in [9.17, 15) is 5.26 Å². The Bertz CT molecular complexity index is 720. The van der Waals surface area contributed by atoms with Crippen molar-refractivity contribution >= 4 is 11.5 Å². The lowest BCUT2D eigenvalue weighted by atomic mass is 9.76. The van der Waals surface area contributed by atoms with Crippen LogP contribution in [0.1, 0.15) is 42.4 Å². The van der Waals surface area contributed by atoms with Gasteiger partial charge in [-0.1, -0.05) is 37.6 Å². The highest BCUT2D eigenvalue weighted by molar-refractivity contribution is 5.94. The molecule has 1 aromatic carbocycles. The molecule has 1 aromatic heterocycles. The van der Waals surface area contributed by atoms with Gasteiger partial charge in [0, 0.05) is 17.2 Å². The zero-order chi connectivity index (χ0) is 14.8. The maximum Gasteiger partial charge on any atom is 0.151 e. The van der Waals surface area contributed by atoms with Gasteiger partial charge < -0.3 is 0 Å². The minimum Gasteiger partial charge on any atom is -0.261 e. The zero-order valence-electron chi connectivity index (χ0n) is 12.3. The fourth-order valence-corrected chi connectivity index (χ4v) is 3.09. The van der Waals surface area contributed by atoms with Crippen LogP contribution in [0.5, 0.6) is 0 Å². The molecule has 0 fully saturated rings. The highest BCUT2D eigenvalue weighted by atomic mass is 15.2. The third-order valence-corrected chi connectivity index (χ3v) is 4.10. The van der Waals surface area contributed by atoms with Crippen molar-refractivity contribution < 1.29 is 0 Å². The van der Waals surface area contributed by atoms with E-state index >= 15 is 0 Å². The van der Waals surface area contributed by atoms with Crippen molar-refractivity contribution in [2.75, 3.05) is 0 Å². The Kier molecular flexibility index (Phi) is 3.57. The van der Waals surface area contributed by atoms with Gasteiger partial charge in [-0.05, 0) is 24.5 Å². The predicted octanol–water partition coefficient (Wildman–Crippen LogP) is 3.88. The van der Waals surface area contributed by atoms with Crippen LogP contribution in [0.3, 0.4) is 0 Å². The summed E-state index contributed by atoms with van der Waals surface area (Å²) in [6.45, 7) is 4.21. The molecular formula is C17H18N4. The van der Waals surface area contributed by atoms with Gasteiger partial charge in [0.1, 0.15) is 0 Å². The smallest absolute Gasteiger partial charge is 0.151 e. The highest BCUT2D eigenvalue weighted by Crippen LogP contribution is 2.42. The molecule has 0 spiro atoms. The van der Waals surface area contributed by atoms with Crippen molar-refractivity contribution in [2.24, 2.45) is 10.9 Å². The van der Waals surface area contributed by atoms with E-state index in [2.05, 4.69) is 47.2 Å². The van der Waals surface area contributed by atoms with E-state index in [4.69, 9.17) is 0 Å². The maximum atomic E-state index is 9.71. The van der Waals surface area contributed by atoms with Gasteiger partial charge in [0.2, 0.25) is 0 Å². The molecule has 0 aliphatic carbocycles. The highest BCUT2D eigenvalue weighted by Gasteiger charge is 2.35. The number of H-pyrrole nitrogens is 1. The number of nitrogens with zero attached hydrogens (tertiary/aromatic N) is 3. The van der Waals surface area contributed by atoms with Gasteiger partial charge in [-0.25, -0.2) is 4.99 Å². The van der Waals surface area contributed by atoms with Crippen LogP contribution in [-0.2, 0) is 0 Å². The molecule has 2 heterocycles. The molecular weight excluding hydrogens is 260 g/mol. The fraction of sp³-hybridized carbons (Fsp3) is 0.353. The number of aryl methyl sites for hydroxylation is 1. The van der Waals surface area contributed by atoms with Crippen molar-refractivity contribution in [3.63, 3.8) is 0 Å². The Morgan fingerprint density at radius 2 is 2.10 bits per heavy atom. The molecule has 106 valence electrons. The first kappa shape index (κ1) is 13.6. The molecule has 0 bridgehead atoms. The number of aliphatic imine (C=N–C) groups is 1. The Morgan fingerprint density at radius 3 is 2.81 bits per heavy atom.